The lowest BCUT2D eigenvalue weighted by molar-refractivity contribution is -0.139. The summed E-state index contributed by atoms with van der Waals surface area (Å²) in [6, 6.07) is 15.6. The summed E-state index contributed by atoms with van der Waals surface area (Å²) in [7, 11) is 1.29. The summed E-state index contributed by atoms with van der Waals surface area (Å²) in [4.78, 5) is 44.5. The van der Waals surface area contributed by atoms with Crippen LogP contribution in [-0.2, 0) is 15.5 Å². The fourth-order valence-corrected chi connectivity index (χ4v) is 9.76. The van der Waals surface area contributed by atoms with Crippen LogP contribution in [0.2, 0.25) is 0 Å². The average Bonchev–Trinajstić information content (AvgIpc) is 3.83. The maximum absolute atomic E-state index is 16.4. The van der Waals surface area contributed by atoms with Crippen molar-refractivity contribution in [3.8, 4) is 33.5 Å². The van der Waals surface area contributed by atoms with Crippen LogP contribution in [-0.4, -0.2) is 62.6 Å². The third-order valence-corrected chi connectivity index (χ3v) is 12.9. The number of methoxy groups -OCH3 is 1. The molecule has 10 rings (SSSR count). The minimum atomic E-state index is -3.18. The van der Waals surface area contributed by atoms with Crippen molar-refractivity contribution in [3.63, 3.8) is 0 Å². The Morgan fingerprint density at radius 1 is 0.912 bits per heavy atom. The fourth-order valence-electron chi connectivity index (χ4n) is 9.76. The van der Waals surface area contributed by atoms with Gasteiger partial charge in [0, 0.05) is 29.3 Å². The van der Waals surface area contributed by atoms with E-state index in [1.54, 1.807) is 30.5 Å². The van der Waals surface area contributed by atoms with Crippen LogP contribution < -0.4 is 10.6 Å². The molecule has 2 amide bonds. The van der Waals surface area contributed by atoms with E-state index in [4.69, 9.17) is 9.72 Å². The Kier molecular flexibility index (Phi) is 10.7. The number of hydrogen-bond donors (Lipinski definition) is 4. The number of fused-ring (bicyclic) bond motifs is 6. The Morgan fingerprint density at radius 2 is 1.60 bits per heavy atom. The van der Waals surface area contributed by atoms with Crippen LogP contribution in [0.15, 0.2) is 60.8 Å². The molecule has 15 heteroatoms. The first-order valence-corrected chi connectivity index (χ1v) is 19.1. The van der Waals surface area contributed by atoms with Gasteiger partial charge in [-0.15, -0.1) is 37.2 Å². The smallest absolute Gasteiger partial charge is 0.407 e. The molecule has 1 spiro atoms. The SMILES string of the molecule is COC(=O)NC(C(=O)N1[C@@H]2CC[C@@H](C2)[C@H]1c1nc2ccc(-c3ccc4c(c3)C(F)(F)c3cc(-c5cnc(C6CC7(CC7)CN6)[nH]5)ccc3-4)cc2[nH]1)C(C)C.Cl.Cl.Cl. The molecule has 2 unspecified atom stereocenters. The molecule has 5 aromatic rings. The number of piperidine rings is 1. The maximum atomic E-state index is 16.4. The van der Waals surface area contributed by atoms with Crippen LogP contribution in [0.5, 0.6) is 0 Å². The third-order valence-electron chi connectivity index (χ3n) is 12.9. The van der Waals surface area contributed by atoms with Gasteiger partial charge in [0.05, 0.1) is 42.1 Å². The first-order valence-electron chi connectivity index (χ1n) is 19.1. The summed E-state index contributed by atoms with van der Waals surface area (Å²) in [5.74, 6) is -1.63. The second-order valence-corrected chi connectivity index (χ2v) is 16.5. The van der Waals surface area contributed by atoms with Crippen molar-refractivity contribution >= 4 is 60.3 Å². The van der Waals surface area contributed by atoms with Gasteiger partial charge in [0.2, 0.25) is 5.91 Å². The van der Waals surface area contributed by atoms with Gasteiger partial charge in [-0.2, -0.15) is 8.78 Å². The molecular weight excluding hydrogens is 795 g/mol. The lowest BCUT2D eigenvalue weighted by Crippen LogP contribution is -2.54. The number of benzene rings is 3. The van der Waals surface area contributed by atoms with Crippen molar-refractivity contribution < 1.29 is 23.1 Å². The Balaban J connectivity index is 0.00000165. The molecule has 10 nitrogen and oxygen atoms in total. The lowest BCUT2D eigenvalue weighted by Gasteiger charge is -2.37. The lowest BCUT2D eigenvalue weighted by atomic mass is 9.95. The van der Waals surface area contributed by atoms with E-state index in [2.05, 4.69) is 25.6 Å². The zero-order valence-electron chi connectivity index (χ0n) is 31.7. The second kappa shape index (κ2) is 14.9. The van der Waals surface area contributed by atoms with E-state index in [9.17, 15) is 9.59 Å². The molecule has 2 saturated carbocycles. The molecular formula is C42H46Cl3F2N7O3. The van der Waals surface area contributed by atoms with Gasteiger partial charge in [-0.05, 0) is 102 Å². The number of likely N-dealkylation sites (tertiary alicyclic amines) is 1. The Labute approximate surface area is 347 Å². The first kappa shape index (κ1) is 40.9. The molecule has 2 saturated heterocycles. The molecule has 5 atom stereocenters. The Morgan fingerprint density at radius 3 is 2.28 bits per heavy atom. The molecule has 3 aromatic carbocycles. The van der Waals surface area contributed by atoms with Crippen molar-refractivity contribution in [2.75, 3.05) is 13.7 Å². The highest BCUT2D eigenvalue weighted by molar-refractivity contribution is 5.89. The molecule has 2 bridgehead atoms. The fraction of sp³-hybridized carbons (Fsp3) is 0.429. The average molecular weight is 841 g/mol. The van der Waals surface area contributed by atoms with Gasteiger partial charge < -0.3 is 30.2 Å². The Hall–Kier alpha value is -4.23. The number of amides is 2. The summed E-state index contributed by atoms with van der Waals surface area (Å²) in [5.41, 5.74) is 5.89. The number of rotatable bonds is 7. The number of ether oxygens (including phenoxy) is 1. The van der Waals surface area contributed by atoms with Gasteiger partial charge in [-0.1, -0.05) is 44.2 Å². The van der Waals surface area contributed by atoms with Crippen LogP contribution in [0.3, 0.4) is 0 Å². The number of alkyl carbamates (subject to hydrolysis) is 1. The predicted octanol–water partition coefficient (Wildman–Crippen LogP) is 9.25. The van der Waals surface area contributed by atoms with Crippen molar-refractivity contribution in [2.45, 2.75) is 82.5 Å². The van der Waals surface area contributed by atoms with Crippen LogP contribution in [0, 0.1) is 17.3 Å². The number of H-pyrrole nitrogens is 2. The number of nitrogens with one attached hydrogen (secondary N) is 4. The standard InChI is InChI=1S/C42H43F2N7O3.3ClH/c1-21(2)35(50-40(53)54-3)39(52)51-26-8-4-25(14-26)36(51)38-47-31-11-7-23(17-32(31)48-38)22-5-9-27-28-10-6-24(16-30(28)42(43,44)29(27)15-22)34-19-45-37(49-34)33-18-41(12-13-41)20-46-33;;;/h5-7,9-11,15-17,19,21,25-26,33,35-36,46H,4,8,12-14,18,20H2,1-3H3,(H,45,49)(H,47,48)(H,50,53);3*1H/t25-,26+,33?,35?,36-;;;/m0.../s1. The van der Waals surface area contributed by atoms with Crippen LogP contribution in [0.1, 0.15) is 87.2 Å². The number of aromatic amines is 2. The number of hydrogen-bond acceptors (Lipinski definition) is 6. The summed E-state index contributed by atoms with van der Waals surface area (Å²) in [6.07, 6.45) is 7.49. The monoisotopic (exact) mass is 839 g/mol. The highest BCUT2D eigenvalue weighted by Crippen LogP contribution is 2.55. The van der Waals surface area contributed by atoms with Gasteiger partial charge in [0.15, 0.2) is 0 Å². The molecule has 302 valence electrons. The van der Waals surface area contributed by atoms with Gasteiger partial charge in [-0.25, -0.2) is 14.8 Å². The van der Waals surface area contributed by atoms with E-state index in [1.165, 1.54) is 20.0 Å². The van der Waals surface area contributed by atoms with Gasteiger partial charge in [0.25, 0.3) is 5.92 Å². The first-order chi connectivity index (χ1) is 26.0. The predicted molar refractivity (Wildman–Crippen MR) is 221 cm³/mol. The highest BCUT2D eigenvalue weighted by Gasteiger charge is 2.52. The molecule has 4 N–H and O–H groups in total. The Bertz CT molecular complexity index is 2360. The number of carbonyl (C=O) groups excluding carboxylic acids is 2. The zero-order chi connectivity index (χ0) is 37.1. The molecule has 5 aliphatic rings. The highest BCUT2D eigenvalue weighted by atomic mass is 35.5. The van der Waals surface area contributed by atoms with Gasteiger partial charge >= 0.3 is 6.09 Å². The maximum Gasteiger partial charge on any atom is 0.407 e. The van der Waals surface area contributed by atoms with Crippen LogP contribution in [0.4, 0.5) is 13.6 Å². The van der Waals surface area contributed by atoms with E-state index in [1.807, 2.05) is 49.1 Å². The molecule has 4 fully saturated rings. The second-order valence-electron chi connectivity index (χ2n) is 16.5. The van der Waals surface area contributed by atoms with E-state index in [-0.39, 0.29) is 84.2 Å². The number of alkyl halides is 2. The summed E-state index contributed by atoms with van der Waals surface area (Å²) in [6.45, 7) is 4.82. The van der Waals surface area contributed by atoms with E-state index in [0.29, 0.717) is 33.5 Å². The molecule has 57 heavy (non-hydrogen) atoms. The summed E-state index contributed by atoms with van der Waals surface area (Å²) < 4.78 is 37.5. The summed E-state index contributed by atoms with van der Waals surface area (Å²) >= 11 is 0. The van der Waals surface area contributed by atoms with Gasteiger partial charge in [0.1, 0.15) is 17.7 Å². The minimum Gasteiger partial charge on any atom is -0.453 e. The number of aromatic nitrogens is 4. The van der Waals surface area contributed by atoms with Crippen LogP contribution >= 0.6 is 37.2 Å². The number of carbonyl (C=O) groups is 2. The molecule has 2 aromatic heterocycles. The zero-order valence-corrected chi connectivity index (χ0v) is 34.2. The molecule has 4 heterocycles. The van der Waals surface area contributed by atoms with Crippen molar-refractivity contribution in [1.29, 1.82) is 0 Å². The van der Waals surface area contributed by atoms with Crippen molar-refractivity contribution in [3.05, 3.63) is 83.6 Å². The van der Waals surface area contributed by atoms with Crippen molar-refractivity contribution in [2.24, 2.45) is 17.3 Å². The van der Waals surface area contributed by atoms with E-state index in [0.717, 1.165) is 60.3 Å². The van der Waals surface area contributed by atoms with Crippen molar-refractivity contribution in [1.82, 2.24) is 35.5 Å². The van der Waals surface area contributed by atoms with Crippen LogP contribution in [0.25, 0.3) is 44.5 Å². The molecule has 0 radical (unpaired) electrons. The quantitative estimate of drug-likeness (QED) is 0.129. The van der Waals surface area contributed by atoms with E-state index < -0.39 is 18.1 Å². The van der Waals surface area contributed by atoms with Gasteiger partial charge in [-0.3, -0.25) is 4.79 Å². The number of nitrogens with zero attached hydrogens (tertiary/aromatic N) is 3. The van der Waals surface area contributed by atoms with E-state index >= 15 is 8.78 Å². The molecule has 2 aliphatic heterocycles. The number of halogens is 5. The topological polar surface area (TPSA) is 128 Å². The summed E-state index contributed by atoms with van der Waals surface area (Å²) in [5, 5.41) is 6.31. The normalized spacial score (nSPS) is 23.4. The third kappa shape index (κ3) is 6.66. The minimum absolute atomic E-state index is 0. The largest absolute Gasteiger partial charge is 0.453 e. The number of imidazole rings is 2. The molecule has 3 aliphatic carbocycles.